The van der Waals surface area contributed by atoms with Crippen LogP contribution in [0.15, 0.2) is 36.5 Å². The standard InChI is InChI=1S/C19H19ClN4O2/c1-12-16-9-13(10-21-17(16)23-22-12)18(25)24-7-8-26-19(2,11-24)14-3-5-15(20)6-4-14/h3-6,9-10H,7-8,11H2,1-2H3,(H,21,22,23). The molecule has 1 saturated heterocycles. The normalized spacial score (nSPS) is 20.5. The molecule has 1 N–H and O–H groups in total. The van der Waals surface area contributed by atoms with Crippen molar-refractivity contribution < 1.29 is 9.53 Å². The highest BCUT2D eigenvalue weighted by atomic mass is 35.5. The summed E-state index contributed by atoms with van der Waals surface area (Å²) in [6, 6.07) is 9.41. The lowest BCUT2D eigenvalue weighted by Crippen LogP contribution is -2.50. The average Bonchev–Trinajstić information content (AvgIpc) is 3.02. The van der Waals surface area contributed by atoms with Gasteiger partial charge in [-0.25, -0.2) is 4.98 Å². The molecule has 3 aromatic rings. The summed E-state index contributed by atoms with van der Waals surface area (Å²) in [5.41, 5.74) is 2.50. The van der Waals surface area contributed by atoms with E-state index < -0.39 is 5.60 Å². The fourth-order valence-corrected chi connectivity index (χ4v) is 3.47. The highest BCUT2D eigenvalue weighted by molar-refractivity contribution is 6.30. The molecule has 0 spiro atoms. The molecule has 6 nitrogen and oxygen atoms in total. The number of rotatable bonds is 2. The van der Waals surface area contributed by atoms with Gasteiger partial charge in [-0.3, -0.25) is 9.89 Å². The fraction of sp³-hybridized carbons (Fsp3) is 0.316. The van der Waals surface area contributed by atoms with Crippen molar-refractivity contribution >= 4 is 28.5 Å². The monoisotopic (exact) mass is 370 g/mol. The van der Waals surface area contributed by atoms with E-state index >= 15 is 0 Å². The third-order valence-electron chi connectivity index (χ3n) is 4.87. The van der Waals surface area contributed by atoms with Crippen LogP contribution in [0.5, 0.6) is 0 Å². The van der Waals surface area contributed by atoms with Crippen LogP contribution < -0.4 is 0 Å². The zero-order valence-electron chi connectivity index (χ0n) is 14.6. The Morgan fingerprint density at radius 1 is 1.35 bits per heavy atom. The van der Waals surface area contributed by atoms with Crippen LogP contribution >= 0.6 is 11.6 Å². The Kier molecular flexibility index (Phi) is 4.17. The van der Waals surface area contributed by atoms with E-state index in [4.69, 9.17) is 16.3 Å². The number of carbonyl (C=O) groups excluding carboxylic acids is 1. The van der Waals surface area contributed by atoms with Crippen molar-refractivity contribution in [3.05, 3.63) is 58.4 Å². The molecule has 134 valence electrons. The van der Waals surface area contributed by atoms with Gasteiger partial charge in [0.15, 0.2) is 5.65 Å². The Morgan fingerprint density at radius 3 is 2.88 bits per heavy atom. The number of aromatic amines is 1. The lowest BCUT2D eigenvalue weighted by atomic mass is 9.93. The molecule has 1 aromatic carbocycles. The Bertz CT molecular complexity index is 969. The predicted molar refractivity (Wildman–Crippen MR) is 99.3 cm³/mol. The van der Waals surface area contributed by atoms with Crippen LogP contribution in [0.4, 0.5) is 0 Å². The van der Waals surface area contributed by atoms with Crippen LogP contribution in [0.2, 0.25) is 5.02 Å². The van der Waals surface area contributed by atoms with Crippen LogP contribution in [0.1, 0.15) is 28.5 Å². The molecule has 0 radical (unpaired) electrons. The van der Waals surface area contributed by atoms with Crippen molar-refractivity contribution in [1.29, 1.82) is 0 Å². The second-order valence-corrected chi connectivity index (χ2v) is 7.18. The van der Waals surface area contributed by atoms with Gasteiger partial charge < -0.3 is 9.64 Å². The first-order valence-electron chi connectivity index (χ1n) is 8.46. The van der Waals surface area contributed by atoms with Gasteiger partial charge in [-0.1, -0.05) is 23.7 Å². The zero-order valence-corrected chi connectivity index (χ0v) is 15.4. The summed E-state index contributed by atoms with van der Waals surface area (Å²) in [4.78, 5) is 19.2. The van der Waals surface area contributed by atoms with E-state index in [-0.39, 0.29) is 5.91 Å². The number of H-pyrrole nitrogens is 1. The maximum Gasteiger partial charge on any atom is 0.255 e. The second kappa shape index (κ2) is 6.37. The van der Waals surface area contributed by atoms with Crippen molar-refractivity contribution in [2.45, 2.75) is 19.4 Å². The van der Waals surface area contributed by atoms with Gasteiger partial charge in [0.1, 0.15) is 5.60 Å². The molecule has 1 unspecified atom stereocenters. The van der Waals surface area contributed by atoms with Crippen LogP contribution in [0, 0.1) is 6.92 Å². The van der Waals surface area contributed by atoms with E-state index in [1.54, 1.807) is 6.20 Å². The maximum atomic E-state index is 13.0. The number of nitrogens with one attached hydrogen (secondary N) is 1. The third kappa shape index (κ3) is 2.95. The number of aryl methyl sites for hydroxylation is 1. The molecule has 1 fully saturated rings. The molecule has 4 rings (SSSR count). The van der Waals surface area contributed by atoms with Gasteiger partial charge in [0.05, 0.1) is 24.4 Å². The van der Waals surface area contributed by atoms with Gasteiger partial charge in [-0.15, -0.1) is 0 Å². The van der Waals surface area contributed by atoms with E-state index in [1.807, 2.05) is 49.1 Å². The highest BCUT2D eigenvalue weighted by Gasteiger charge is 2.36. The number of amides is 1. The number of ether oxygens (including phenoxy) is 1. The summed E-state index contributed by atoms with van der Waals surface area (Å²) in [5.74, 6) is -0.0523. The SMILES string of the molecule is Cc1n[nH]c2ncc(C(=O)N3CCOC(C)(c4ccc(Cl)cc4)C3)cc12. The van der Waals surface area contributed by atoms with Gasteiger partial charge in [0, 0.05) is 23.2 Å². The first kappa shape index (κ1) is 17.0. The lowest BCUT2D eigenvalue weighted by molar-refractivity contribution is -0.0930. The van der Waals surface area contributed by atoms with Crippen molar-refractivity contribution in [3.8, 4) is 0 Å². The molecule has 1 amide bonds. The van der Waals surface area contributed by atoms with Crippen molar-refractivity contribution in [2.75, 3.05) is 19.7 Å². The summed E-state index contributed by atoms with van der Waals surface area (Å²) in [5, 5.41) is 8.53. The summed E-state index contributed by atoms with van der Waals surface area (Å²) in [7, 11) is 0. The first-order valence-corrected chi connectivity index (χ1v) is 8.84. The minimum absolute atomic E-state index is 0.0523. The number of morpholine rings is 1. The number of fused-ring (bicyclic) bond motifs is 1. The topological polar surface area (TPSA) is 71.1 Å². The molecule has 1 atom stereocenters. The Morgan fingerprint density at radius 2 is 2.12 bits per heavy atom. The van der Waals surface area contributed by atoms with Crippen LogP contribution in [0.25, 0.3) is 11.0 Å². The van der Waals surface area contributed by atoms with E-state index in [1.165, 1.54) is 0 Å². The second-order valence-electron chi connectivity index (χ2n) is 6.74. The van der Waals surface area contributed by atoms with Crippen LogP contribution in [0.3, 0.4) is 0 Å². The van der Waals surface area contributed by atoms with Gasteiger partial charge in [0.25, 0.3) is 5.91 Å². The summed E-state index contributed by atoms with van der Waals surface area (Å²) in [6.07, 6.45) is 1.59. The summed E-state index contributed by atoms with van der Waals surface area (Å²) < 4.78 is 6.02. The Hall–Kier alpha value is -2.44. The Labute approximate surface area is 156 Å². The smallest absolute Gasteiger partial charge is 0.255 e. The molecular formula is C19H19ClN4O2. The minimum atomic E-state index is -0.568. The van der Waals surface area contributed by atoms with Crippen molar-refractivity contribution in [3.63, 3.8) is 0 Å². The number of hydrogen-bond donors (Lipinski definition) is 1. The number of carbonyl (C=O) groups is 1. The van der Waals surface area contributed by atoms with E-state index in [0.717, 1.165) is 16.6 Å². The third-order valence-corrected chi connectivity index (χ3v) is 5.12. The first-order chi connectivity index (χ1) is 12.5. The molecule has 1 aliphatic heterocycles. The highest BCUT2D eigenvalue weighted by Crippen LogP contribution is 2.31. The number of hydrogen-bond acceptors (Lipinski definition) is 4. The molecule has 0 bridgehead atoms. The number of halogens is 1. The van der Waals surface area contributed by atoms with Gasteiger partial charge in [0.2, 0.25) is 0 Å². The van der Waals surface area contributed by atoms with Gasteiger partial charge >= 0.3 is 0 Å². The van der Waals surface area contributed by atoms with E-state index in [0.29, 0.717) is 35.9 Å². The van der Waals surface area contributed by atoms with Gasteiger partial charge in [-0.05, 0) is 37.6 Å². The number of benzene rings is 1. The molecule has 7 heteroatoms. The zero-order chi connectivity index (χ0) is 18.3. The van der Waals surface area contributed by atoms with E-state index in [9.17, 15) is 4.79 Å². The van der Waals surface area contributed by atoms with Gasteiger partial charge in [-0.2, -0.15) is 5.10 Å². The average molecular weight is 371 g/mol. The van der Waals surface area contributed by atoms with Crippen LogP contribution in [-0.2, 0) is 10.3 Å². The largest absolute Gasteiger partial charge is 0.367 e. The molecule has 26 heavy (non-hydrogen) atoms. The van der Waals surface area contributed by atoms with Crippen LogP contribution in [-0.4, -0.2) is 45.7 Å². The lowest BCUT2D eigenvalue weighted by Gasteiger charge is -2.41. The number of aromatic nitrogens is 3. The van der Waals surface area contributed by atoms with E-state index in [2.05, 4.69) is 15.2 Å². The van der Waals surface area contributed by atoms with Crippen molar-refractivity contribution in [2.24, 2.45) is 0 Å². The fourth-order valence-electron chi connectivity index (χ4n) is 3.35. The Balaban J connectivity index is 1.61. The molecule has 0 saturated carbocycles. The van der Waals surface area contributed by atoms with Crippen molar-refractivity contribution in [1.82, 2.24) is 20.1 Å². The predicted octanol–water partition coefficient (Wildman–Crippen LogP) is 3.31. The molecule has 0 aliphatic carbocycles. The maximum absolute atomic E-state index is 13.0. The molecule has 1 aliphatic rings. The molecule has 2 aromatic heterocycles. The number of pyridine rings is 1. The minimum Gasteiger partial charge on any atom is -0.367 e. The molecule has 3 heterocycles. The quantitative estimate of drug-likeness (QED) is 0.751. The number of nitrogens with zero attached hydrogens (tertiary/aromatic N) is 3. The summed E-state index contributed by atoms with van der Waals surface area (Å²) >= 11 is 5.99. The molecular weight excluding hydrogens is 352 g/mol. The summed E-state index contributed by atoms with van der Waals surface area (Å²) in [6.45, 7) is 5.38.